The zero-order valence-electron chi connectivity index (χ0n) is 19.3. The predicted octanol–water partition coefficient (Wildman–Crippen LogP) is 5.56. The van der Waals surface area contributed by atoms with Gasteiger partial charge in [0.1, 0.15) is 10.7 Å². The number of H-pyrrole nitrogens is 1. The molecule has 5 rings (SSSR count). The number of aryl methyl sites for hydroxylation is 2. The van der Waals surface area contributed by atoms with E-state index < -0.39 is 0 Å². The van der Waals surface area contributed by atoms with Gasteiger partial charge in [-0.1, -0.05) is 30.3 Å². The van der Waals surface area contributed by atoms with Crippen molar-refractivity contribution in [3.05, 3.63) is 80.7 Å². The molecule has 1 atom stereocenters. The van der Waals surface area contributed by atoms with Crippen LogP contribution in [0.15, 0.2) is 53.3 Å². The van der Waals surface area contributed by atoms with E-state index in [9.17, 15) is 9.59 Å². The van der Waals surface area contributed by atoms with Gasteiger partial charge in [-0.3, -0.25) is 9.59 Å². The van der Waals surface area contributed by atoms with Gasteiger partial charge in [0.15, 0.2) is 0 Å². The van der Waals surface area contributed by atoms with Crippen molar-refractivity contribution in [1.29, 1.82) is 0 Å². The molecule has 2 aromatic heterocycles. The number of benzene rings is 2. The number of thioether (sulfide) groups is 1. The number of thiophene rings is 1. The van der Waals surface area contributed by atoms with Crippen molar-refractivity contribution in [2.24, 2.45) is 0 Å². The molecular weight excluding hydrogens is 464 g/mol. The van der Waals surface area contributed by atoms with Crippen LogP contribution >= 0.6 is 23.1 Å². The summed E-state index contributed by atoms with van der Waals surface area (Å²) >= 11 is 2.99. The van der Waals surface area contributed by atoms with Crippen molar-refractivity contribution in [3.63, 3.8) is 0 Å². The number of fused-ring (bicyclic) bond motifs is 2. The number of aromatic amines is 1. The number of rotatable bonds is 6. The minimum Gasteiger partial charge on any atom is -0.339 e. The van der Waals surface area contributed by atoms with Crippen LogP contribution in [-0.2, 0) is 17.0 Å². The molecule has 3 heterocycles. The van der Waals surface area contributed by atoms with E-state index in [2.05, 4.69) is 38.4 Å². The lowest BCUT2D eigenvalue weighted by atomic mass is 10.1. The molecule has 0 aliphatic carbocycles. The number of para-hydroxylation sites is 3. The molecule has 1 aliphatic rings. The molecule has 0 bridgehead atoms. The average Bonchev–Trinajstić information content (AvgIpc) is 3.38. The second-order valence-electron chi connectivity index (χ2n) is 8.47. The van der Waals surface area contributed by atoms with Gasteiger partial charge in [-0.25, -0.2) is 4.98 Å². The van der Waals surface area contributed by atoms with Crippen LogP contribution < -0.4 is 15.8 Å². The lowest BCUT2D eigenvalue weighted by molar-refractivity contribution is -0.115. The standard InChI is InChI=1S/C26H26N4O2S2/c1-15-16(2)34-26-23(15)25(32)28-22(29-26)14-33-17(3)24(31)27-19-9-5-7-11-21(19)30-13-12-18-8-4-6-10-20(18)30/h4-11,17H,12-14H2,1-3H3,(H,27,31)(H,28,29,32). The van der Waals surface area contributed by atoms with Crippen LogP contribution in [0.25, 0.3) is 10.2 Å². The van der Waals surface area contributed by atoms with Crippen molar-refractivity contribution >= 4 is 56.3 Å². The fraction of sp³-hybridized carbons (Fsp3) is 0.269. The Morgan fingerprint density at radius 2 is 1.91 bits per heavy atom. The molecular formula is C26H26N4O2S2. The maximum atomic E-state index is 13.0. The van der Waals surface area contributed by atoms with Gasteiger partial charge in [-0.2, -0.15) is 0 Å². The summed E-state index contributed by atoms with van der Waals surface area (Å²) < 4.78 is 0. The smallest absolute Gasteiger partial charge is 0.259 e. The minimum atomic E-state index is -0.313. The van der Waals surface area contributed by atoms with Gasteiger partial charge in [0.05, 0.1) is 27.8 Å². The number of hydrogen-bond acceptors (Lipinski definition) is 6. The second-order valence-corrected chi connectivity index (χ2v) is 11.0. The molecule has 4 aromatic rings. The maximum absolute atomic E-state index is 13.0. The Morgan fingerprint density at radius 1 is 1.18 bits per heavy atom. The quantitative estimate of drug-likeness (QED) is 0.370. The molecule has 1 unspecified atom stereocenters. The lowest BCUT2D eigenvalue weighted by Gasteiger charge is -2.23. The summed E-state index contributed by atoms with van der Waals surface area (Å²) in [6, 6.07) is 16.3. The number of amides is 1. The minimum absolute atomic E-state index is 0.0730. The van der Waals surface area contributed by atoms with Crippen LogP contribution in [0, 0.1) is 13.8 Å². The van der Waals surface area contributed by atoms with Crippen LogP contribution in [0.1, 0.15) is 28.8 Å². The molecule has 2 N–H and O–H groups in total. The summed E-state index contributed by atoms with van der Waals surface area (Å²) in [6.07, 6.45) is 0.990. The molecule has 6 nitrogen and oxygen atoms in total. The number of nitrogens with one attached hydrogen (secondary N) is 2. The van der Waals surface area contributed by atoms with Gasteiger partial charge < -0.3 is 15.2 Å². The molecule has 0 saturated heterocycles. The highest BCUT2D eigenvalue weighted by Crippen LogP contribution is 2.38. The van der Waals surface area contributed by atoms with Crippen molar-refractivity contribution in [3.8, 4) is 0 Å². The fourth-order valence-corrected chi connectivity index (χ4v) is 6.09. The number of hydrogen-bond donors (Lipinski definition) is 2. The predicted molar refractivity (Wildman–Crippen MR) is 143 cm³/mol. The summed E-state index contributed by atoms with van der Waals surface area (Å²) in [5.41, 5.74) is 5.18. The van der Waals surface area contributed by atoms with Crippen LogP contribution in [0.4, 0.5) is 17.1 Å². The molecule has 2 aromatic carbocycles. The Balaban J connectivity index is 1.29. The maximum Gasteiger partial charge on any atom is 0.259 e. The monoisotopic (exact) mass is 490 g/mol. The Hall–Kier alpha value is -3.10. The van der Waals surface area contributed by atoms with E-state index >= 15 is 0 Å². The van der Waals surface area contributed by atoms with Gasteiger partial charge in [0.25, 0.3) is 5.56 Å². The highest BCUT2D eigenvalue weighted by Gasteiger charge is 2.23. The molecule has 8 heteroatoms. The molecule has 1 aliphatic heterocycles. The van der Waals surface area contributed by atoms with E-state index in [4.69, 9.17) is 0 Å². The van der Waals surface area contributed by atoms with E-state index in [1.54, 1.807) is 0 Å². The molecule has 34 heavy (non-hydrogen) atoms. The molecule has 0 fully saturated rings. The molecule has 0 radical (unpaired) electrons. The summed E-state index contributed by atoms with van der Waals surface area (Å²) in [6.45, 7) is 6.72. The first-order valence-electron chi connectivity index (χ1n) is 11.3. The van der Waals surface area contributed by atoms with Crippen LogP contribution in [0.5, 0.6) is 0 Å². The van der Waals surface area contributed by atoms with Crippen LogP contribution in [0.3, 0.4) is 0 Å². The summed E-state index contributed by atoms with van der Waals surface area (Å²) in [7, 11) is 0. The van der Waals surface area contributed by atoms with E-state index in [0.29, 0.717) is 17.0 Å². The van der Waals surface area contributed by atoms with Gasteiger partial charge in [0.2, 0.25) is 5.91 Å². The van der Waals surface area contributed by atoms with Gasteiger partial charge in [-0.15, -0.1) is 23.1 Å². The normalized spacial score (nSPS) is 13.8. The van der Waals surface area contributed by atoms with Crippen LogP contribution in [-0.4, -0.2) is 27.7 Å². The van der Waals surface area contributed by atoms with Crippen molar-refractivity contribution in [1.82, 2.24) is 9.97 Å². The Morgan fingerprint density at radius 3 is 2.74 bits per heavy atom. The highest BCUT2D eigenvalue weighted by atomic mass is 32.2. The van der Waals surface area contributed by atoms with E-state index in [1.807, 2.05) is 51.1 Å². The number of carbonyl (C=O) groups is 1. The number of aromatic nitrogens is 2. The van der Waals surface area contributed by atoms with Gasteiger partial charge in [-0.05, 0) is 56.5 Å². The van der Waals surface area contributed by atoms with Gasteiger partial charge >= 0.3 is 0 Å². The number of anilines is 3. The van der Waals surface area contributed by atoms with E-state index in [0.717, 1.165) is 39.6 Å². The van der Waals surface area contributed by atoms with Crippen LogP contribution in [0.2, 0.25) is 0 Å². The summed E-state index contributed by atoms with van der Waals surface area (Å²) in [4.78, 5) is 37.2. The van der Waals surface area contributed by atoms with Gasteiger partial charge in [0, 0.05) is 17.1 Å². The first-order chi connectivity index (χ1) is 16.4. The van der Waals surface area contributed by atoms with Crippen molar-refractivity contribution in [2.45, 2.75) is 38.2 Å². The Labute approximate surface area is 206 Å². The van der Waals surface area contributed by atoms with E-state index in [-0.39, 0.29) is 16.7 Å². The third-order valence-electron chi connectivity index (χ3n) is 6.27. The molecule has 174 valence electrons. The zero-order valence-corrected chi connectivity index (χ0v) is 21.0. The van der Waals surface area contributed by atoms with Crippen molar-refractivity contribution in [2.75, 3.05) is 16.8 Å². The largest absolute Gasteiger partial charge is 0.339 e. The Bertz CT molecular complexity index is 1440. The first kappa shape index (κ1) is 22.7. The van der Waals surface area contributed by atoms with Crippen molar-refractivity contribution < 1.29 is 4.79 Å². The number of nitrogens with zero attached hydrogens (tertiary/aromatic N) is 2. The second kappa shape index (κ2) is 9.27. The lowest BCUT2D eigenvalue weighted by Crippen LogP contribution is -2.24. The fourth-order valence-electron chi connectivity index (χ4n) is 4.28. The molecule has 0 spiro atoms. The number of carbonyl (C=O) groups excluding carboxylic acids is 1. The summed E-state index contributed by atoms with van der Waals surface area (Å²) in [5, 5.41) is 3.47. The first-order valence-corrected chi connectivity index (χ1v) is 13.1. The highest BCUT2D eigenvalue weighted by molar-refractivity contribution is 7.99. The topological polar surface area (TPSA) is 78.1 Å². The van der Waals surface area contributed by atoms with E-state index in [1.165, 1.54) is 34.3 Å². The Kier molecular flexibility index (Phi) is 6.18. The molecule has 1 amide bonds. The SMILES string of the molecule is Cc1sc2nc(CSC(C)C(=O)Nc3ccccc3N3CCc4ccccc43)[nH]c(=O)c2c1C. The zero-order chi connectivity index (χ0) is 23.8. The third kappa shape index (κ3) is 4.23. The summed E-state index contributed by atoms with van der Waals surface area (Å²) in [5.74, 6) is 0.977. The third-order valence-corrected chi connectivity index (χ3v) is 8.52. The average molecular weight is 491 g/mol. The molecule has 0 saturated carbocycles.